The Hall–Kier alpha value is -1.36. The first-order valence-corrected chi connectivity index (χ1v) is 10.3. The Morgan fingerprint density at radius 1 is 1.19 bits per heavy atom. The Morgan fingerprint density at radius 2 is 1.85 bits per heavy atom. The van der Waals surface area contributed by atoms with E-state index in [0.717, 1.165) is 42.1 Å². The summed E-state index contributed by atoms with van der Waals surface area (Å²) in [6, 6.07) is 8.02. The van der Waals surface area contributed by atoms with Crippen LogP contribution in [0.4, 0.5) is 0 Å². The topological polar surface area (TPSA) is 66.4 Å². The fraction of sp³-hybridized carbons (Fsp3) is 0.619. The zero-order chi connectivity index (χ0) is 18.7. The molecule has 0 saturated heterocycles. The van der Waals surface area contributed by atoms with Gasteiger partial charge in [0.2, 0.25) is 5.91 Å². The van der Waals surface area contributed by atoms with Gasteiger partial charge < -0.3 is 10.4 Å². The molecular weight excluding hydrogens is 394 g/mol. The molecule has 5 heteroatoms. The smallest absolute Gasteiger partial charge is 0.309 e. The van der Waals surface area contributed by atoms with Gasteiger partial charge in [0.15, 0.2) is 0 Å². The van der Waals surface area contributed by atoms with Crippen molar-refractivity contribution in [1.29, 1.82) is 0 Å². The summed E-state index contributed by atoms with van der Waals surface area (Å²) in [6.45, 7) is 3.91. The summed E-state index contributed by atoms with van der Waals surface area (Å²) in [7, 11) is 0. The van der Waals surface area contributed by atoms with Gasteiger partial charge in [-0.25, -0.2) is 0 Å². The molecule has 140 valence electrons. The van der Waals surface area contributed by atoms with Crippen LogP contribution < -0.4 is 5.32 Å². The van der Waals surface area contributed by atoms with E-state index < -0.39 is 16.8 Å². The van der Waals surface area contributed by atoms with E-state index in [-0.39, 0.29) is 11.9 Å². The van der Waals surface area contributed by atoms with E-state index in [1.165, 1.54) is 0 Å². The lowest BCUT2D eigenvalue weighted by Gasteiger charge is -2.58. The number of nitrogens with one attached hydrogen (secondary N) is 1. The lowest BCUT2D eigenvalue weighted by molar-refractivity contribution is -0.168. The number of amides is 1. The number of benzene rings is 1. The standard InChI is InChI=1S/C21H26BrNO3/c1-20(2,15-4-3-5-16(22)8-15)18(24)23-17-13-6-12-7-14(17)11-21(9-12,10-13)19(25)26/h3-5,8,12-14,17H,6-7,9-11H2,1-2H3,(H,23,24)(H,25,26). The minimum atomic E-state index is -0.629. The fourth-order valence-corrected chi connectivity index (χ4v) is 6.26. The number of carboxylic acid groups (broad SMARTS) is 1. The molecule has 1 aromatic rings. The molecule has 2 N–H and O–H groups in total. The molecule has 4 bridgehead atoms. The van der Waals surface area contributed by atoms with Crippen LogP contribution in [0.2, 0.25) is 0 Å². The van der Waals surface area contributed by atoms with E-state index >= 15 is 0 Å². The summed E-state index contributed by atoms with van der Waals surface area (Å²) >= 11 is 3.49. The maximum absolute atomic E-state index is 13.1. The molecule has 26 heavy (non-hydrogen) atoms. The maximum atomic E-state index is 13.1. The van der Waals surface area contributed by atoms with Crippen molar-refractivity contribution in [2.45, 2.75) is 57.4 Å². The Morgan fingerprint density at radius 3 is 2.42 bits per heavy atom. The molecule has 0 aliphatic heterocycles. The van der Waals surface area contributed by atoms with Crippen LogP contribution in [0.3, 0.4) is 0 Å². The molecule has 1 amide bonds. The van der Waals surface area contributed by atoms with Gasteiger partial charge in [0.25, 0.3) is 0 Å². The highest BCUT2D eigenvalue weighted by atomic mass is 79.9. The molecule has 1 aromatic carbocycles. The lowest BCUT2D eigenvalue weighted by atomic mass is 9.48. The van der Waals surface area contributed by atoms with Crippen LogP contribution in [0.15, 0.2) is 28.7 Å². The minimum Gasteiger partial charge on any atom is -0.481 e. The molecule has 2 unspecified atom stereocenters. The van der Waals surface area contributed by atoms with Gasteiger partial charge >= 0.3 is 5.97 Å². The predicted octanol–water partition coefficient (Wildman–Crippen LogP) is 4.12. The van der Waals surface area contributed by atoms with Crippen molar-refractivity contribution in [2.75, 3.05) is 0 Å². The van der Waals surface area contributed by atoms with Crippen LogP contribution in [0.25, 0.3) is 0 Å². The van der Waals surface area contributed by atoms with Gasteiger partial charge in [0, 0.05) is 10.5 Å². The highest BCUT2D eigenvalue weighted by molar-refractivity contribution is 9.10. The monoisotopic (exact) mass is 419 g/mol. The van der Waals surface area contributed by atoms with E-state index in [4.69, 9.17) is 0 Å². The fourth-order valence-electron chi connectivity index (χ4n) is 5.86. The van der Waals surface area contributed by atoms with Gasteiger partial charge in [0.1, 0.15) is 0 Å². The number of carbonyl (C=O) groups is 2. The normalized spacial score (nSPS) is 35.3. The van der Waals surface area contributed by atoms with Gasteiger partial charge in [-0.2, -0.15) is 0 Å². The van der Waals surface area contributed by atoms with Crippen LogP contribution in [-0.4, -0.2) is 23.0 Å². The lowest BCUT2D eigenvalue weighted by Crippen LogP contribution is -2.62. The number of rotatable bonds is 4. The molecule has 0 radical (unpaired) electrons. The Bertz CT molecular complexity index is 743. The van der Waals surface area contributed by atoms with Crippen molar-refractivity contribution in [3.63, 3.8) is 0 Å². The molecule has 4 aliphatic carbocycles. The van der Waals surface area contributed by atoms with Gasteiger partial charge in [-0.1, -0.05) is 28.1 Å². The van der Waals surface area contributed by atoms with Crippen molar-refractivity contribution < 1.29 is 14.7 Å². The first kappa shape index (κ1) is 18.0. The van der Waals surface area contributed by atoms with E-state index in [0.29, 0.717) is 17.8 Å². The third-order valence-electron chi connectivity index (χ3n) is 7.14. The van der Waals surface area contributed by atoms with Crippen molar-refractivity contribution in [1.82, 2.24) is 5.32 Å². The molecule has 4 saturated carbocycles. The second kappa shape index (κ2) is 6.08. The summed E-state index contributed by atoms with van der Waals surface area (Å²) in [5.41, 5.74) is -0.171. The second-order valence-electron chi connectivity index (χ2n) is 9.19. The van der Waals surface area contributed by atoms with Crippen molar-refractivity contribution in [2.24, 2.45) is 23.2 Å². The average molecular weight is 420 g/mol. The highest BCUT2D eigenvalue weighted by Gasteiger charge is 2.59. The van der Waals surface area contributed by atoms with Gasteiger partial charge in [-0.15, -0.1) is 0 Å². The molecule has 5 rings (SSSR count). The van der Waals surface area contributed by atoms with E-state index in [1.807, 2.05) is 38.1 Å². The number of halogens is 1. The number of carbonyl (C=O) groups excluding carboxylic acids is 1. The SMILES string of the molecule is CC(C)(C(=O)NC1C2CC3CC1CC(C(=O)O)(C3)C2)c1cccc(Br)c1. The molecule has 0 aromatic heterocycles. The quantitative estimate of drug-likeness (QED) is 0.770. The first-order chi connectivity index (χ1) is 12.2. The zero-order valence-corrected chi connectivity index (χ0v) is 16.9. The van der Waals surface area contributed by atoms with Crippen LogP contribution >= 0.6 is 15.9 Å². The van der Waals surface area contributed by atoms with Crippen LogP contribution in [0.5, 0.6) is 0 Å². The summed E-state index contributed by atoms with van der Waals surface area (Å²) < 4.78 is 0.967. The van der Waals surface area contributed by atoms with Crippen molar-refractivity contribution in [3.8, 4) is 0 Å². The molecule has 4 aliphatic rings. The van der Waals surface area contributed by atoms with E-state index in [1.54, 1.807) is 0 Å². The maximum Gasteiger partial charge on any atom is 0.309 e. The molecule has 0 heterocycles. The van der Waals surface area contributed by atoms with E-state index in [9.17, 15) is 14.7 Å². The zero-order valence-electron chi connectivity index (χ0n) is 15.3. The number of hydrogen-bond acceptors (Lipinski definition) is 2. The molecule has 0 spiro atoms. The summed E-state index contributed by atoms with van der Waals surface area (Å²) in [5.74, 6) is 0.544. The van der Waals surface area contributed by atoms with Gasteiger partial charge in [-0.05, 0) is 81.4 Å². The highest BCUT2D eigenvalue weighted by Crippen LogP contribution is 2.60. The van der Waals surface area contributed by atoms with E-state index in [2.05, 4.69) is 21.2 Å². The number of aliphatic carboxylic acids is 1. The minimum absolute atomic E-state index is 0.0393. The van der Waals surface area contributed by atoms with Crippen LogP contribution in [-0.2, 0) is 15.0 Å². The van der Waals surface area contributed by atoms with Gasteiger partial charge in [0.05, 0.1) is 10.8 Å². The Labute approximate surface area is 162 Å². The largest absolute Gasteiger partial charge is 0.481 e. The Balaban J connectivity index is 1.53. The van der Waals surface area contributed by atoms with Crippen LogP contribution in [0.1, 0.15) is 51.5 Å². The first-order valence-electron chi connectivity index (χ1n) is 9.52. The summed E-state index contributed by atoms with van der Waals surface area (Å²) in [4.78, 5) is 25.0. The van der Waals surface area contributed by atoms with Crippen molar-refractivity contribution in [3.05, 3.63) is 34.3 Å². The molecule has 4 fully saturated rings. The predicted molar refractivity (Wildman–Crippen MR) is 103 cm³/mol. The van der Waals surface area contributed by atoms with Crippen molar-refractivity contribution >= 4 is 27.8 Å². The van der Waals surface area contributed by atoms with Gasteiger partial charge in [-0.3, -0.25) is 9.59 Å². The summed E-state index contributed by atoms with van der Waals surface area (Å²) in [5, 5.41) is 13.1. The number of hydrogen-bond donors (Lipinski definition) is 2. The summed E-state index contributed by atoms with van der Waals surface area (Å²) in [6.07, 6.45) is 4.40. The third kappa shape index (κ3) is 2.79. The molecule has 4 nitrogen and oxygen atoms in total. The van der Waals surface area contributed by atoms with Crippen LogP contribution in [0, 0.1) is 23.2 Å². The second-order valence-corrected chi connectivity index (χ2v) is 10.1. The average Bonchev–Trinajstić information content (AvgIpc) is 2.57. The molecule has 2 atom stereocenters. The third-order valence-corrected chi connectivity index (χ3v) is 7.63. The molecular formula is C21H26BrNO3. The number of carboxylic acids is 1. The Kier molecular flexibility index (Phi) is 4.22.